The third kappa shape index (κ3) is 5.78. The van der Waals surface area contributed by atoms with Crippen molar-refractivity contribution in [3.8, 4) is 0 Å². The molecule has 1 unspecified atom stereocenters. The quantitative estimate of drug-likeness (QED) is 0.792. The molecule has 0 radical (unpaired) electrons. The maximum Gasteiger partial charge on any atom is 0.409 e. The van der Waals surface area contributed by atoms with Crippen LogP contribution in [-0.2, 0) is 4.74 Å². The predicted molar refractivity (Wildman–Crippen MR) is 105 cm³/mol. The minimum Gasteiger partial charge on any atom is -0.450 e. The van der Waals surface area contributed by atoms with Crippen LogP contribution in [0.2, 0.25) is 0 Å². The van der Waals surface area contributed by atoms with Gasteiger partial charge in [-0.1, -0.05) is 24.3 Å². The van der Waals surface area contributed by atoms with Crippen molar-refractivity contribution in [1.29, 1.82) is 0 Å². The van der Waals surface area contributed by atoms with E-state index in [9.17, 15) is 9.18 Å². The third-order valence-electron chi connectivity index (χ3n) is 5.38. The summed E-state index contributed by atoms with van der Waals surface area (Å²) in [6, 6.07) is 7.14. The van der Waals surface area contributed by atoms with E-state index in [0.717, 1.165) is 51.4 Å². The van der Waals surface area contributed by atoms with E-state index < -0.39 is 0 Å². The molecule has 0 saturated carbocycles. The molecule has 2 heterocycles. The van der Waals surface area contributed by atoms with Gasteiger partial charge in [0.2, 0.25) is 0 Å². The maximum absolute atomic E-state index is 13.0. The Morgan fingerprint density at radius 3 is 2.63 bits per heavy atom. The van der Waals surface area contributed by atoms with Crippen LogP contribution in [0, 0.1) is 5.82 Å². The summed E-state index contributed by atoms with van der Waals surface area (Å²) in [5, 5.41) is 0. The molecule has 2 aliphatic heterocycles. The molecule has 0 bridgehead atoms. The number of halogens is 1. The van der Waals surface area contributed by atoms with Gasteiger partial charge in [-0.05, 0) is 44.0 Å². The summed E-state index contributed by atoms with van der Waals surface area (Å²) < 4.78 is 18.1. The van der Waals surface area contributed by atoms with Gasteiger partial charge in [0.05, 0.1) is 6.61 Å². The number of carbonyl (C=O) groups excluding carboxylic acids is 1. The van der Waals surface area contributed by atoms with Crippen LogP contribution in [0.1, 0.15) is 25.3 Å². The highest BCUT2D eigenvalue weighted by Crippen LogP contribution is 2.18. The third-order valence-corrected chi connectivity index (χ3v) is 5.38. The Labute approximate surface area is 161 Å². The molecule has 5 nitrogen and oxygen atoms in total. The normalized spacial score (nSPS) is 22.3. The van der Waals surface area contributed by atoms with Gasteiger partial charge in [0.15, 0.2) is 0 Å². The zero-order valence-corrected chi connectivity index (χ0v) is 16.1. The summed E-state index contributed by atoms with van der Waals surface area (Å²) in [5.41, 5.74) is 1.03. The van der Waals surface area contributed by atoms with Crippen LogP contribution >= 0.6 is 0 Å². The second kappa shape index (κ2) is 9.85. The zero-order valence-electron chi connectivity index (χ0n) is 16.1. The second-order valence-corrected chi connectivity index (χ2v) is 7.23. The van der Waals surface area contributed by atoms with E-state index in [0.29, 0.717) is 12.6 Å². The molecule has 0 aliphatic carbocycles. The number of nitrogens with zero attached hydrogens (tertiary/aromatic N) is 3. The van der Waals surface area contributed by atoms with Gasteiger partial charge < -0.3 is 9.64 Å². The lowest BCUT2D eigenvalue weighted by atomic mass is 10.0. The first-order valence-corrected chi connectivity index (χ1v) is 9.96. The molecule has 1 amide bonds. The van der Waals surface area contributed by atoms with E-state index in [1.165, 1.54) is 25.0 Å². The minimum atomic E-state index is -0.200. The van der Waals surface area contributed by atoms with Gasteiger partial charge >= 0.3 is 6.09 Å². The zero-order chi connectivity index (χ0) is 19.1. The van der Waals surface area contributed by atoms with Crippen molar-refractivity contribution in [3.05, 3.63) is 41.7 Å². The lowest BCUT2D eigenvalue weighted by Crippen LogP contribution is -2.56. The Kier molecular flexibility index (Phi) is 7.24. The van der Waals surface area contributed by atoms with Gasteiger partial charge in [0.1, 0.15) is 5.82 Å². The average Bonchev–Trinajstić information content (AvgIpc) is 2.70. The highest BCUT2D eigenvalue weighted by Gasteiger charge is 2.29. The Bertz CT molecular complexity index is 627. The average molecular weight is 375 g/mol. The molecule has 6 heteroatoms. The van der Waals surface area contributed by atoms with Crippen molar-refractivity contribution in [1.82, 2.24) is 14.7 Å². The van der Waals surface area contributed by atoms with Gasteiger partial charge in [-0.25, -0.2) is 9.18 Å². The number of piperidine rings is 1. The number of piperazine rings is 1. The fourth-order valence-electron chi connectivity index (χ4n) is 3.89. The number of likely N-dealkylation sites (tertiary alicyclic amines) is 1. The molecule has 2 saturated heterocycles. The summed E-state index contributed by atoms with van der Waals surface area (Å²) >= 11 is 0. The van der Waals surface area contributed by atoms with Crippen molar-refractivity contribution in [3.63, 3.8) is 0 Å². The summed E-state index contributed by atoms with van der Waals surface area (Å²) in [4.78, 5) is 18.6. The number of ether oxygens (including phenoxy) is 1. The summed E-state index contributed by atoms with van der Waals surface area (Å²) in [5.74, 6) is -0.200. The van der Waals surface area contributed by atoms with Crippen molar-refractivity contribution in [2.75, 3.05) is 52.4 Å². The van der Waals surface area contributed by atoms with Crippen LogP contribution in [0.15, 0.2) is 30.3 Å². The second-order valence-electron chi connectivity index (χ2n) is 7.23. The summed E-state index contributed by atoms with van der Waals surface area (Å²) in [6.45, 7) is 8.71. The lowest BCUT2D eigenvalue weighted by molar-refractivity contribution is 0.0450. The van der Waals surface area contributed by atoms with Gasteiger partial charge in [0.25, 0.3) is 0 Å². The molecule has 0 N–H and O–H groups in total. The van der Waals surface area contributed by atoms with E-state index in [-0.39, 0.29) is 11.9 Å². The smallest absolute Gasteiger partial charge is 0.409 e. The van der Waals surface area contributed by atoms with Crippen molar-refractivity contribution >= 4 is 12.2 Å². The van der Waals surface area contributed by atoms with Crippen LogP contribution in [0.3, 0.4) is 0 Å². The molecule has 27 heavy (non-hydrogen) atoms. The Morgan fingerprint density at radius 1 is 1.19 bits per heavy atom. The first-order valence-electron chi connectivity index (χ1n) is 9.96. The Morgan fingerprint density at radius 2 is 1.93 bits per heavy atom. The van der Waals surface area contributed by atoms with E-state index in [1.54, 1.807) is 12.1 Å². The molecule has 1 aromatic carbocycles. The van der Waals surface area contributed by atoms with Crippen LogP contribution in [0.25, 0.3) is 6.08 Å². The van der Waals surface area contributed by atoms with Crippen LogP contribution in [0.5, 0.6) is 0 Å². The van der Waals surface area contributed by atoms with E-state index >= 15 is 0 Å². The molecule has 0 spiro atoms. The standard InChI is InChI=1S/C21H30FN3O2/c1-2-27-21(26)25-15-13-24(14-16-25)20-6-4-12-23(17-20)11-3-5-18-7-9-19(22)10-8-18/h3,5,7-10,20H,2,4,6,11-17H2,1H3. The molecule has 2 aliphatic rings. The molecular weight excluding hydrogens is 345 g/mol. The molecule has 3 rings (SSSR count). The Balaban J connectivity index is 1.44. The number of carbonyl (C=O) groups is 1. The van der Waals surface area contributed by atoms with Gasteiger partial charge in [-0.15, -0.1) is 0 Å². The van der Waals surface area contributed by atoms with Crippen molar-refractivity contribution in [2.45, 2.75) is 25.8 Å². The highest BCUT2D eigenvalue weighted by molar-refractivity contribution is 5.67. The molecule has 2 fully saturated rings. The maximum atomic E-state index is 13.0. The fourth-order valence-corrected chi connectivity index (χ4v) is 3.89. The first kappa shape index (κ1) is 19.8. The van der Waals surface area contributed by atoms with Crippen LogP contribution in [0.4, 0.5) is 9.18 Å². The van der Waals surface area contributed by atoms with E-state index in [1.807, 2.05) is 11.8 Å². The molecule has 148 valence electrons. The van der Waals surface area contributed by atoms with Crippen molar-refractivity contribution < 1.29 is 13.9 Å². The minimum absolute atomic E-state index is 0.187. The summed E-state index contributed by atoms with van der Waals surface area (Å²) in [6.07, 6.45) is 6.45. The van der Waals surface area contributed by atoms with E-state index in [2.05, 4.69) is 22.0 Å². The largest absolute Gasteiger partial charge is 0.450 e. The molecular formula is C21H30FN3O2. The molecule has 1 atom stereocenters. The topological polar surface area (TPSA) is 36.0 Å². The number of hydrogen-bond donors (Lipinski definition) is 0. The van der Waals surface area contributed by atoms with Gasteiger partial charge in [0, 0.05) is 45.3 Å². The lowest BCUT2D eigenvalue weighted by Gasteiger charge is -2.43. The first-order chi connectivity index (χ1) is 13.2. The Hall–Kier alpha value is -1.92. The SMILES string of the molecule is CCOC(=O)N1CCN(C2CCCN(CC=Cc3ccc(F)cc3)C2)CC1. The molecule has 1 aromatic rings. The summed E-state index contributed by atoms with van der Waals surface area (Å²) in [7, 11) is 0. The number of hydrogen-bond acceptors (Lipinski definition) is 4. The number of amides is 1. The monoisotopic (exact) mass is 375 g/mol. The van der Waals surface area contributed by atoms with Crippen molar-refractivity contribution in [2.24, 2.45) is 0 Å². The predicted octanol–water partition coefficient (Wildman–Crippen LogP) is 3.08. The van der Waals surface area contributed by atoms with Gasteiger partial charge in [-0.2, -0.15) is 0 Å². The van der Waals surface area contributed by atoms with E-state index in [4.69, 9.17) is 4.74 Å². The van der Waals surface area contributed by atoms with Crippen LogP contribution in [-0.4, -0.2) is 79.3 Å². The number of benzene rings is 1. The fraction of sp³-hybridized carbons (Fsp3) is 0.571. The van der Waals surface area contributed by atoms with Gasteiger partial charge in [-0.3, -0.25) is 9.80 Å². The molecule has 0 aromatic heterocycles. The highest BCUT2D eigenvalue weighted by atomic mass is 19.1. The van der Waals surface area contributed by atoms with Crippen LogP contribution < -0.4 is 0 Å². The number of rotatable bonds is 5.